The smallest absolute Gasteiger partial charge is 0.226 e. The van der Waals surface area contributed by atoms with Gasteiger partial charge in [-0.05, 0) is 19.1 Å². The fraction of sp³-hybridized carbons (Fsp3) is 0.150. The van der Waals surface area contributed by atoms with Crippen LogP contribution in [-0.2, 0) is 4.79 Å². The first kappa shape index (κ1) is 15.3. The van der Waals surface area contributed by atoms with Crippen molar-refractivity contribution in [1.29, 1.82) is 0 Å². The zero-order valence-corrected chi connectivity index (χ0v) is 13.8. The van der Waals surface area contributed by atoms with Crippen LogP contribution in [0.3, 0.4) is 0 Å². The molecule has 0 radical (unpaired) electrons. The minimum absolute atomic E-state index is 0.0487. The van der Waals surface area contributed by atoms with Crippen LogP contribution in [0.1, 0.15) is 34.0 Å². The number of Topliss-reactive ketones (excluding diaryl/α,β-unsaturated/α-hetero) is 1. The van der Waals surface area contributed by atoms with E-state index >= 15 is 0 Å². The first-order chi connectivity index (χ1) is 12.1. The summed E-state index contributed by atoms with van der Waals surface area (Å²) >= 11 is 0. The number of aromatic nitrogens is 2. The second-order valence-electron chi connectivity index (χ2n) is 6.13. The predicted molar refractivity (Wildman–Crippen MR) is 95.1 cm³/mol. The lowest BCUT2D eigenvalue weighted by atomic mass is 9.85. The van der Waals surface area contributed by atoms with Crippen LogP contribution in [0, 0.1) is 6.92 Å². The molecule has 1 amide bonds. The second kappa shape index (κ2) is 6.02. The molecular formula is C20H17N3O2. The van der Waals surface area contributed by atoms with Gasteiger partial charge in [0.15, 0.2) is 5.78 Å². The largest absolute Gasteiger partial charge is 0.310 e. The average Bonchev–Trinajstić information content (AvgIpc) is 2.98. The van der Waals surface area contributed by atoms with E-state index in [4.69, 9.17) is 0 Å². The summed E-state index contributed by atoms with van der Waals surface area (Å²) < 4.78 is 1.70. The zero-order chi connectivity index (χ0) is 17.4. The van der Waals surface area contributed by atoms with Crippen molar-refractivity contribution < 1.29 is 9.59 Å². The van der Waals surface area contributed by atoms with Gasteiger partial charge in [-0.2, -0.15) is 5.10 Å². The Morgan fingerprint density at radius 1 is 1.08 bits per heavy atom. The van der Waals surface area contributed by atoms with Crippen LogP contribution < -0.4 is 5.32 Å². The molecule has 0 bridgehead atoms. The molecule has 0 spiro atoms. The molecule has 1 unspecified atom stereocenters. The highest BCUT2D eigenvalue weighted by Gasteiger charge is 2.36. The molecule has 0 fully saturated rings. The Morgan fingerprint density at radius 3 is 2.40 bits per heavy atom. The Hall–Kier alpha value is -3.21. The number of para-hydroxylation sites is 1. The number of aryl methyl sites for hydroxylation is 1. The topological polar surface area (TPSA) is 64.0 Å². The molecule has 2 aromatic carbocycles. The summed E-state index contributed by atoms with van der Waals surface area (Å²) in [6.07, 6.45) is 0.141. The Labute approximate surface area is 145 Å². The number of nitrogens with zero attached hydrogens (tertiary/aromatic N) is 2. The van der Waals surface area contributed by atoms with Gasteiger partial charge in [-0.25, -0.2) is 4.68 Å². The number of hydrogen-bond donors (Lipinski definition) is 1. The Balaban J connectivity index is 1.83. The maximum Gasteiger partial charge on any atom is 0.226 e. The van der Waals surface area contributed by atoms with Crippen LogP contribution in [0.15, 0.2) is 60.7 Å². The van der Waals surface area contributed by atoms with Gasteiger partial charge in [0, 0.05) is 17.5 Å². The molecule has 0 saturated heterocycles. The van der Waals surface area contributed by atoms with E-state index in [0.717, 1.165) is 16.9 Å². The van der Waals surface area contributed by atoms with Crippen LogP contribution in [-0.4, -0.2) is 21.5 Å². The summed E-state index contributed by atoms with van der Waals surface area (Å²) in [6.45, 7) is 1.88. The quantitative estimate of drug-likeness (QED) is 0.747. The normalized spacial score (nSPS) is 16.2. The number of hydrogen-bond acceptors (Lipinski definition) is 3. The third kappa shape index (κ3) is 2.63. The summed E-state index contributed by atoms with van der Waals surface area (Å²) in [7, 11) is 0. The maximum absolute atomic E-state index is 13.0. The molecule has 1 aliphatic rings. The molecular weight excluding hydrogens is 314 g/mol. The van der Waals surface area contributed by atoms with E-state index in [1.165, 1.54) is 0 Å². The van der Waals surface area contributed by atoms with Crippen molar-refractivity contribution in [3.05, 3.63) is 77.5 Å². The number of amides is 1. The highest BCUT2D eigenvalue weighted by atomic mass is 16.2. The standard InChI is InChI=1S/C20H17N3O2/c1-13-18-16(19(25)14-8-4-2-5-9-14)12-17(24)21-20(18)23(22-13)15-10-6-3-7-11-15/h2-11,16H,12H2,1H3,(H,21,24). The molecule has 2 heterocycles. The van der Waals surface area contributed by atoms with Gasteiger partial charge in [-0.3, -0.25) is 9.59 Å². The summed E-state index contributed by atoms with van der Waals surface area (Å²) in [5, 5.41) is 7.47. The minimum atomic E-state index is -0.511. The minimum Gasteiger partial charge on any atom is -0.310 e. The maximum atomic E-state index is 13.0. The number of nitrogens with one attached hydrogen (secondary N) is 1. The molecule has 1 aliphatic heterocycles. The first-order valence-corrected chi connectivity index (χ1v) is 8.19. The van der Waals surface area contributed by atoms with E-state index < -0.39 is 5.92 Å². The summed E-state index contributed by atoms with van der Waals surface area (Å²) in [6, 6.07) is 18.7. The molecule has 5 nitrogen and oxygen atoms in total. The van der Waals surface area contributed by atoms with Crippen molar-refractivity contribution in [2.45, 2.75) is 19.3 Å². The molecule has 0 aliphatic carbocycles. The highest BCUT2D eigenvalue weighted by Crippen LogP contribution is 2.38. The molecule has 3 aromatic rings. The fourth-order valence-electron chi connectivity index (χ4n) is 3.33. The lowest BCUT2D eigenvalue weighted by molar-refractivity contribution is -0.116. The third-order valence-electron chi connectivity index (χ3n) is 4.48. The number of anilines is 1. The molecule has 5 heteroatoms. The number of fused-ring (bicyclic) bond motifs is 1. The van der Waals surface area contributed by atoms with E-state index in [0.29, 0.717) is 11.4 Å². The van der Waals surface area contributed by atoms with Crippen LogP contribution >= 0.6 is 0 Å². The van der Waals surface area contributed by atoms with Gasteiger partial charge < -0.3 is 5.32 Å². The van der Waals surface area contributed by atoms with E-state index in [1.807, 2.05) is 55.5 Å². The molecule has 1 aromatic heterocycles. The van der Waals surface area contributed by atoms with Crippen molar-refractivity contribution in [1.82, 2.24) is 9.78 Å². The highest BCUT2D eigenvalue weighted by molar-refractivity contribution is 6.07. The monoisotopic (exact) mass is 331 g/mol. The molecule has 0 saturated carbocycles. The van der Waals surface area contributed by atoms with Crippen molar-refractivity contribution in [2.24, 2.45) is 0 Å². The van der Waals surface area contributed by atoms with E-state index in [1.54, 1.807) is 16.8 Å². The Kier molecular flexibility index (Phi) is 3.69. The number of benzene rings is 2. The molecule has 25 heavy (non-hydrogen) atoms. The molecule has 1 atom stereocenters. The molecule has 4 rings (SSSR count). The predicted octanol–water partition coefficient (Wildman–Crippen LogP) is 3.49. The van der Waals surface area contributed by atoms with Gasteiger partial charge in [-0.15, -0.1) is 0 Å². The number of carbonyl (C=O) groups excluding carboxylic acids is 2. The number of rotatable bonds is 3. The lowest BCUT2D eigenvalue weighted by Crippen LogP contribution is -2.28. The second-order valence-corrected chi connectivity index (χ2v) is 6.13. The van der Waals surface area contributed by atoms with Gasteiger partial charge in [0.25, 0.3) is 0 Å². The van der Waals surface area contributed by atoms with Crippen molar-refractivity contribution >= 4 is 17.5 Å². The summed E-state index contributed by atoms with van der Waals surface area (Å²) in [4.78, 5) is 25.2. The van der Waals surface area contributed by atoms with Crippen molar-refractivity contribution in [2.75, 3.05) is 5.32 Å². The number of ketones is 1. The molecule has 1 N–H and O–H groups in total. The summed E-state index contributed by atoms with van der Waals surface area (Å²) in [5.74, 6) is -0.135. The SMILES string of the molecule is Cc1nn(-c2ccccc2)c2c1C(C(=O)c1ccccc1)CC(=O)N2. The van der Waals surface area contributed by atoms with Crippen LogP contribution in [0.25, 0.3) is 5.69 Å². The number of carbonyl (C=O) groups is 2. The third-order valence-corrected chi connectivity index (χ3v) is 4.48. The van der Waals surface area contributed by atoms with Gasteiger partial charge >= 0.3 is 0 Å². The molecule has 124 valence electrons. The average molecular weight is 331 g/mol. The van der Waals surface area contributed by atoms with Crippen molar-refractivity contribution in [3.8, 4) is 5.69 Å². The van der Waals surface area contributed by atoms with Gasteiger partial charge in [0.2, 0.25) is 5.91 Å². The van der Waals surface area contributed by atoms with Gasteiger partial charge in [0.05, 0.1) is 17.3 Å². The van der Waals surface area contributed by atoms with E-state index in [2.05, 4.69) is 10.4 Å². The Bertz CT molecular complexity index is 946. The van der Waals surface area contributed by atoms with Gasteiger partial charge in [0.1, 0.15) is 5.82 Å². The lowest BCUT2D eigenvalue weighted by Gasteiger charge is -2.23. The van der Waals surface area contributed by atoms with Gasteiger partial charge in [-0.1, -0.05) is 48.5 Å². The fourth-order valence-corrected chi connectivity index (χ4v) is 3.33. The van der Waals surface area contributed by atoms with E-state index in [9.17, 15) is 9.59 Å². The first-order valence-electron chi connectivity index (χ1n) is 8.19. The zero-order valence-electron chi connectivity index (χ0n) is 13.8. The van der Waals surface area contributed by atoms with E-state index in [-0.39, 0.29) is 18.1 Å². The van der Waals surface area contributed by atoms with Crippen LogP contribution in [0.5, 0.6) is 0 Å². The Morgan fingerprint density at radius 2 is 1.72 bits per heavy atom. The van der Waals surface area contributed by atoms with Crippen LogP contribution in [0.4, 0.5) is 5.82 Å². The van der Waals surface area contributed by atoms with Crippen LogP contribution in [0.2, 0.25) is 0 Å². The summed E-state index contributed by atoms with van der Waals surface area (Å²) in [5.41, 5.74) is 3.02. The van der Waals surface area contributed by atoms with Crippen molar-refractivity contribution in [3.63, 3.8) is 0 Å².